The number of nitrogens with two attached hydrogens (primary N) is 1. The Labute approximate surface area is 101 Å². The lowest BCUT2D eigenvalue weighted by Gasteiger charge is -2.05. The summed E-state index contributed by atoms with van der Waals surface area (Å²) in [5.74, 6) is 0.915. The van der Waals surface area contributed by atoms with Gasteiger partial charge >= 0.3 is 0 Å². The van der Waals surface area contributed by atoms with Gasteiger partial charge in [-0.1, -0.05) is 12.8 Å². The average Bonchev–Trinajstić information content (AvgIpc) is 2.34. The number of hydrogen-bond acceptors (Lipinski definition) is 5. The Hall–Kier alpha value is -0.810. The second-order valence-electron chi connectivity index (χ2n) is 3.58. The topological polar surface area (TPSA) is 63.8 Å². The van der Waals surface area contributed by atoms with Crippen LogP contribution in [0.2, 0.25) is 0 Å². The standard InChI is InChI=1S/C11H20N4S/c1-16-11-8-10(14-9-15-11)13-7-5-3-2-4-6-12/h8-9H,2-7,12H2,1H3,(H,13,14,15). The van der Waals surface area contributed by atoms with E-state index in [1.165, 1.54) is 19.3 Å². The van der Waals surface area contributed by atoms with Gasteiger partial charge in [0.2, 0.25) is 0 Å². The number of hydrogen-bond donors (Lipinski definition) is 2. The van der Waals surface area contributed by atoms with E-state index < -0.39 is 0 Å². The van der Waals surface area contributed by atoms with Crippen LogP contribution in [0.3, 0.4) is 0 Å². The first-order valence-electron chi connectivity index (χ1n) is 5.67. The van der Waals surface area contributed by atoms with E-state index in [0.717, 1.165) is 30.4 Å². The zero-order chi connectivity index (χ0) is 11.6. The minimum Gasteiger partial charge on any atom is -0.370 e. The lowest BCUT2D eigenvalue weighted by atomic mass is 10.2. The number of anilines is 1. The molecule has 0 radical (unpaired) electrons. The highest BCUT2D eigenvalue weighted by molar-refractivity contribution is 7.98. The molecule has 1 aromatic rings. The molecule has 16 heavy (non-hydrogen) atoms. The zero-order valence-electron chi connectivity index (χ0n) is 9.78. The normalized spacial score (nSPS) is 10.4. The van der Waals surface area contributed by atoms with Crippen molar-refractivity contribution in [2.24, 2.45) is 5.73 Å². The van der Waals surface area contributed by atoms with Crippen LogP contribution in [0, 0.1) is 0 Å². The van der Waals surface area contributed by atoms with E-state index in [1.807, 2.05) is 12.3 Å². The Balaban J connectivity index is 2.16. The van der Waals surface area contributed by atoms with Gasteiger partial charge in [-0.3, -0.25) is 0 Å². The summed E-state index contributed by atoms with van der Waals surface area (Å²) in [6.45, 7) is 1.77. The maximum atomic E-state index is 5.43. The second kappa shape index (κ2) is 8.35. The van der Waals surface area contributed by atoms with E-state index in [0.29, 0.717) is 0 Å². The number of nitrogens with zero attached hydrogens (tertiary/aromatic N) is 2. The number of rotatable bonds is 8. The van der Waals surface area contributed by atoms with Crippen LogP contribution in [0.4, 0.5) is 5.82 Å². The fourth-order valence-corrected chi connectivity index (χ4v) is 1.77. The Morgan fingerprint density at radius 3 is 2.81 bits per heavy atom. The minimum atomic E-state index is 0.802. The molecule has 0 aromatic carbocycles. The van der Waals surface area contributed by atoms with Crippen molar-refractivity contribution < 1.29 is 0 Å². The number of unbranched alkanes of at least 4 members (excludes halogenated alkanes) is 3. The van der Waals surface area contributed by atoms with E-state index in [-0.39, 0.29) is 0 Å². The average molecular weight is 240 g/mol. The van der Waals surface area contributed by atoms with Crippen molar-refractivity contribution >= 4 is 17.6 Å². The molecule has 0 spiro atoms. The van der Waals surface area contributed by atoms with Crippen molar-refractivity contribution in [3.8, 4) is 0 Å². The van der Waals surface area contributed by atoms with Crippen LogP contribution in [0.25, 0.3) is 0 Å². The summed E-state index contributed by atoms with van der Waals surface area (Å²) in [5, 5.41) is 4.30. The van der Waals surface area contributed by atoms with Crippen LogP contribution in [0.1, 0.15) is 25.7 Å². The van der Waals surface area contributed by atoms with Gasteiger partial charge in [0.1, 0.15) is 17.2 Å². The van der Waals surface area contributed by atoms with Crippen molar-refractivity contribution in [2.75, 3.05) is 24.7 Å². The second-order valence-corrected chi connectivity index (χ2v) is 4.40. The molecule has 3 N–H and O–H groups in total. The lowest BCUT2D eigenvalue weighted by Crippen LogP contribution is -2.04. The van der Waals surface area contributed by atoms with Crippen LogP contribution in [0.5, 0.6) is 0 Å². The third-order valence-electron chi connectivity index (χ3n) is 2.29. The van der Waals surface area contributed by atoms with Crippen molar-refractivity contribution in [1.82, 2.24) is 9.97 Å². The first-order valence-corrected chi connectivity index (χ1v) is 6.89. The van der Waals surface area contributed by atoms with Gasteiger partial charge in [-0.15, -0.1) is 11.8 Å². The highest BCUT2D eigenvalue weighted by atomic mass is 32.2. The molecule has 0 aliphatic rings. The molecule has 0 aliphatic carbocycles. The van der Waals surface area contributed by atoms with Crippen molar-refractivity contribution in [1.29, 1.82) is 0 Å². The van der Waals surface area contributed by atoms with Gasteiger partial charge in [0, 0.05) is 12.6 Å². The Kier molecular flexibility index (Phi) is 6.92. The molecule has 0 atom stereocenters. The summed E-state index contributed by atoms with van der Waals surface area (Å²) in [7, 11) is 0. The lowest BCUT2D eigenvalue weighted by molar-refractivity contribution is 0.660. The van der Waals surface area contributed by atoms with Gasteiger partial charge in [-0.25, -0.2) is 9.97 Å². The number of nitrogens with one attached hydrogen (secondary N) is 1. The third kappa shape index (κ3) is 5.32. The van der Waals surface area contributed by atoms with E-state index in [1.54, 1.807) is 18.1 Å². The van der Waals surface area contributed by atoms with Crippen molar-refractivity contribution in [3.63, 3.8) is 0 Å². The summed E-state index contributed by atoms with van der Waals surface area (Å²) < 4.78 is 0. The highest BCUT2D eigenvalue weighted by Gasteiger charge is 1.96. The van der Waals surface area contributed by atoms with E-state index in [4.69, 9.17) is 5.73 Å². The first-order chi connectivity index (χ1) is 7.86. The maximum Gasteiger partial charge on any atom is 0.130 e. The van der Waals surface area contributed by atoms with Crippen LogP contribution >= 0.6 is 11.8 Å². The first kappa shape index (κ1) is 13.3. The van der Waals surface area contributed by atoms with Crippen LogP contribution in [0.15, 0.2) is 17.4 Å². The maximum absolute atomic E-state index is 5.43. The molecule has 0 unspecified atom stereocenters. The smallest absolute Gasteiger partial charge is 0.130 e. The number of aromatic nitrogens is 2. The molecular weight excluding hydrogens is 220 g/mol. The fraction of sp³-hybridized carbons (Fsp3) is 0.636. The Morgan fingerprint density at radius 1 is 1.25 bits per heavy atom. The molecule has 0 fully saturated rings. The van der Waals surface area contributed by atoms with Crippen LogP contribution in [-0.2, 0) is 0 Å². The molecule has 0 saturated heterocycles. The largest absolute Gasteiger partial charge is 0.370 e. The zero-order valence-corrected chi connectivity index (χ0v) is 10.6. The molecule has 5 heteroatoms. The molecule has 0 aliphatic heterocycles. The van der Waals surface area contributed by atoms with E-state index in [9.17, 15) is 0 Å². The van der Waals surface area contributed by atoms with Gasteiger partial charge < -0.3 is 11.1 Å². The van der Waals surface area contributed by atoms with E-state index in [2.05, 4.69) is 15.3 Å². The molecule has 0 bridgehead atoms. The minimum absolute atomic E-state index is 0.802. The van der Waals surface area contributed by atoms with Crippen molar-refractivity contribution in [2.45, 2.75) is 30.7 Å². The van der Waals surface area contributed by atoms with Gasteiger partial charge in [-0.2, -0.15) is 0 Å². The summed E-state index contributed by atoms with van der Waals surface area (Å²) in [5.41, 5.74) is 5.43. The van der Waals surface area contributed by atoms with Crippen LogP contribution in [-0.4, -0.2) is 29.3 Å². The van der Waals surface area contributed by atoms with E-state index >= 15 is 0 Å². The number of thioether (sulfide) groups is 1. The molecular formula is C11H20N4S. The predicted molar refractivity (Wildman–Crippen MR) is 69.8 cm³/mol. The summed E-state index contributed by atoms with van der Waals surface area (Å²) in [6, 6.07) is 1.98. The summed E-state index contributed by atoms with van der Waals surface area (Å²) in [6.07, 6.45) is 8.35. The fourth-order valence-electron chi connectivity index (χ4n) is 1.39. The quantitative estimate of drug-likeness (QED) is 0.414. The molecule has 1 heterocycles. The molecule has 4 nitrogen and oxygen atoms in total. The van der Waals surface area contributed by atoms with Gasteiger partial charge in [0.15, 0.2) is 0 Å². The molecule has 1 rings (SSSR count). The highest BCUT2D eigenvalue weighted by Crippen LogP contribution is 2.13. The van der Waals surface area contributed by atoms with Crippen molar-refractivity contribution in [3.05, 3.63) is 12.4 Å². The predicted octanol–water partition coefficient (Wildman–Crippen LogP) is 2.13. The van der Waals surface area contributed by atoms with Gasteiger partial charge in [0.25, 0.3) is 0 Å². The Morgan fingerprint density at radius 2 is 2.06 bits per heavy atom. The van der Waals surface area contributed by atoms with Crippen LogP contribution < -0.4 is 11.1 Å². The molecule has 0 amide bonds. The molecule has 90 valence electrons. The summed E-state index contributed by atoms with van der Waals surface area (Å²) >= 11 is 1.63. The van der Waals surface area contributed by atoms with Gasteiger partial charge in [0.05, 0.1) is 0 Å². The summed E-state index contributed by atoms with van der Waals surface area (Å²) in [4.78, 5) is 8.29. The van der Waals surface area contributed by atoms with Gasteiger partial charge in [-0.05, 0) is 25.6 Å². The Bertz CT molecular complexity index is 293. The monoisotopic (exact) mass is 240 g/mol. The third-order valence-corrected chi connectivity index (χ3v) is 2.93. The molecule has 1 aromatic heterocycles. The SMILES string of the molecule is CSc1cc(NCCCCCCN)ncn1. The molecule has 0 saturated carbocycles.